The maximum atomic E-state index is 4.31. The second-order valence-electron chi connectivity index (χ2n) is 3.52. The van der Waals surface area contributed by atoms with Crippen molar-refractivity contribution in [3.05, 3.63) is 42.7 Å². The number of nitrogens with zero attached hydrogens (tertiary/aromatic N) is 2. The maximum Gasteiger partial charge on any atom is 0.0669 e. The summed E-state index contributed by atoms with van der Waals surface area (Å²) in [6, 6.07) is 3.97. The van der Waals surface area contributed by atoms with E-state index in [4.69, 9.17) is 0 Å². The van der Waals surface area contributed by atoms with E-state index in [-0.39, 0.29) is 0 Å². The SMILES string of the molecule is C=Cc1ccc(C(=C)CN(C)C)nc1. The van der Waals surface area contributed by atoms with Crippen molar-refractivity contribution in [1.29, 1.82) is 0 Å². The number of pyridine rings is 1. The van der Waals surface area contributed by atoms with Crippen LogP contribution in [-0.2, 0) is 0 Å². The molecular formula is C12H16N2. The molecule has 0 aromatic carbocycles. The van der Waals surface area contributed by atoms with Crippen molar-refractivity contribution in [2.75, 3.05) is 20.6 Å². The lowest BCUT2D eigenvalue weighted by molar-refractivity contribution is 0.463. The van der Waals surface area contributed by atoms with Crippen LogP contribution in [0.3, 0.4) is 0 Å². The standard InChI is InChI=1S/C12H16N2/c1-5-11-6-7-12(13-8-11)10(2)9-14(3)4/h5-8H,1-2,9H2,3-4H3. The lowest BCUT2D eigenvalue weighted by atomic mass is 10.1. The van der Waals surface area contributed by atoms with Gasteiger partial charge in [-0.3, -0.25) is 4.98 Å². The first-order valence-corrected chi connectivity index (χ1v) is 4.55. The van der Waals surface area contributed by atoms with E-state index >= 15 is 0 Å². The Morgan fingerprint density at radius 3 is 2.64 bits per heavy atom. The van der Waals surface area contributed by atoms with Crippen LogP contribution in [0.5, 0.6) is 0 Å². The Morgan fingerprint density at radius 1 is 1.50 bits per heavy atom. The van der Waals surface area contributed by atoms with Gasteiger partial charge in [0, 0.05) is 12.7 Å². The molecule has 0 fully saturated rings. The summed E-state index contributed by atoms with van der Waals surface area (Å²) in [7, 11) is 4.03. The van der Waals surface area contributed by atoms with E-state index in [1.165, 1.54) is 0 Å². The van der Waals surface area contributed by atoms with E-state index in [2.05, 4.69) is 23.0 Å². The van der Waals surface area contributed by atoms with E-state index in [1.54, 1.807) is 6.08 Å². The summed E-state index contributed by atoms with van der Waals surface area (Å²) in [5.74, 6) is 0. The topological polar surface area (TPSA) is 16.1 Å². The fourth-order valence-corrected chi connectivity index (χ4v) is 1.20. The van der Waals surface area contributed by atoms with Crippen molar-refractivity contribution < 1.29 is 0 Å². The van der Waals surface area contributed by atoms with Gasteiger partial charge in [0.05, 0.1) is 5.69 Å². The summed E-state index contributed by atoms with van der Waals surface area (Å²) >= 11 is 0. The van der Waals surface area contributed by atoms with E-state index < -0.39 is 0 Å². The first-order valence-electron chi connectivity index (χ1n) is 4.55. The van der Waals surface area contributed by atoms with Crippen LogP contribution in [0.1, 0.15) is 11.3 Å². The molecule has 0 amide bonds. The Morgan fingerprint density at radius 2 is 2.21 bits per heavy atom. The van der Waals surface area contributed by atoms with Crippen LogP contribution in [0, 0.1) is 0 Å². The van der Waals surface area contributed by atoms with Gasteiger partial charge in [0.15, 0.2) is 0 Å². The second kappa shape index (κ2) is 4.72. The molecule has 0 unspecified atom stereocenters. The fourth-order valence-electron chi connectivity index (χ4n) is 1.20. The molecular weight excluding hydrogens is 172 g/mol. The number of hydrogen-bond donors (Lipinski definition) is 0. The third-order valence-electron chi connectivity index (χ3n) is 1.89. The molecule has 1 aromatic rings. The largest absolute Gasteiger partial charge is 0.305 e. The molecule has 14 heavy (non-hydrogen) atoms. The smallest absolute Gasteiger partial charge is 0.0669 e. The summed E-state index contributed by atoms with van der Waals surface area (Å²) in [6.07, 6.45) is 3.59. The van der Waals surface area contributed by atoms with Crippen molar-refractivity contribution in [3.8, 4) is 0 Å². The zero-order valence-corrected chi connectivity index (χ0v) is 8.83. The average Bonchev–Trinajstić information content (AvgIpc) is 2.17. The molecule has 0 radical (unpaired) electrons. The molecule has 1 aromatic heterocycles. The highest BCUT2D eigenvalue weighted by molar-refractivity contribution is 5.62. The van der Waals surface area contributed by atoms with Crippen LogP contribution in [0.2, 0.25) is 0 Å². The average molecular weight is 188 g/mol. The van der Waals surface area contributed by atoms with Crippen molar-refractivity contribution in [2.45, 2.75) is 0 Å². The minimum atomic E-state index is 0.834. The second-order valence-corrected chi connectivity index (χ2v) is 3.52. The van der Waals surface area contributed by atoms with Gasteiger partial charge in [0.25, 0.3) is 0 Å². The van der Waals surface area contributed by atoms with E-state index in [0.717, 1.165) is 23.4 Å². The molecule has 0 spiro atoms. The Balaban J connectivity index is 2.76. The molecule has 0 aliphatic rings. The summed E-state index contributed by atoms with van der Waals surface area (Å²) in [4.78, 5) is 6.38. The van der Waals surface area contributed by atoms with Crippen molar-refractivity contribution in [3.63, 3.8) is 0 Å². The van der Waals surface area contributed by atoms with Crippen LogP contribution >= 0.6 is 0 Å². The zero-order chi connectivity index (χ0) is 10.6. The summed E-state index contributed by atoms with van der Waals surface area (Å²) in [5, 5.41) is 0. The molecule has 1 heterocycles. The monoisotopic (exact) mass is 188 g/mol. The van der Waals surface area contributed by atoms with E-state index in [0.29, 0.717) is 0 Å². The van der Waals surface area contributed by atoms with Gasteiger partial charge in [-0.25, -0.2) is 0 Å². The molecule has 0 saturated heterocycles. The Labute approximate surface area is 85.6 Å². The summed E-state index contributed by atoms with van der Waals surface area (Å²) in [5.41, 5.74) is 3.02. The highest BCUT2D eigenvalue weighted by Crippen LogP contribution is 2.10. The van der Waals surface area contributed by atoms with Crippen molar-refractivity contribution in [1.82, 2.24) is 9.88 Å². The molecule has 2 nitrogen and oxygen atoms in total. The maximum absolute atomic E-state index is 4.31. The van der Waals surface area contributed by atoms with Gasteiger partial charge in [-0.2, -0.15) is 0 Å². The van der Waals surface area contributed by atoms with Gasteiger partial charge >= 0.3 is 0 Å². The minimum Gasteiger partial charge on any atom is -0.305 e. The molecule has 0 bridgehead atoms. The van der Waals surface area contributed by atoms with E-state index in [9.17, 15) is 0 Å². The van der Waals surface area contributed by atoms with Crippen LogP contribution in [-0.4, -0.2) is 30.5 Å². The van der Waals surface area contributed by atoms with Crippen LogP contribution in [0.4, 0.5) is 0 Å². The predicted molar refractivity (Wildman–Crippen MR) is 61.9 cm³/mol. The van der Waals surface area contributed by atoms with Crippen molar-refractivity contribution >= 4 is 11.6 Å². The molecule has 0 aliphatic carbocycles. The fraction of sp³-hybridized carbons (Fsp3) is 0.250. The van der Waals surface area contributed by atoms with Crippen LogP contribution in [0.25, 0.3) is 11.6 Å². The molecule has 2 heteroatoms. The highest BCUT2D eigenvalue weighted by atomic mass is 15.0. The minimum absolute atomic E-state index is 0.834. The first kappa shape index (κ1) is 10.7. The molecule has 0 N–H and O–H groups in total. The Bertz CT molecular complexity index is 323. The lowest BCUT2D eigenvalue weighted by Crippen LogP contribution is -2.14. The highest BCUT2D eigenvalue weighted by Gasteiger charge is 2.01. The third kappa shape index (κ3) is 2.82. The van der Waals surface area contributed by atoms with E-state index in [1.807, 2.05) is 32.4 Å². The summed E-state index contributed by atoms with van der Waals surface area (Å²) < 4.78 is 0. The number of rotatable bonds is 4. The van der Waals surface area contributed by atoms with Gasteiger partial charge in [0.1, 0.15) is 0 Å². The lowest BCUT2D eigenvalue weighted by Gasteiger charge is -2.11. The predicted octanol–water partition coefficient (Wildman–Crippen LogP) is 2.30. The molecule has 0 saturated carbocycles. The molecule has 0 atom stereocenters. The molecule has 0 aliphatic heterocycles. The number of hydrogen-bond acceptors (Lipinski definition) is 2. The van der Waals surface area contributed by atoms with Crippen LogP contribution in [0.15, 0.2) is 31.5 Å². The zero-order valence-electron chi connectivity index (χ0n) is 8.83. The first-order chi connectivity index (χ1) is 6.63. The van der Waals surface area contributed by atoms with Gasteiger partial charge in [0.2, 0.25) is 0 Å². The Kier molecular flexibility index (Phi) is 3.60. The van der Waals surface area contributed by atoms with Crippen LogP contribution < -0.4 is 0 Å². The molecule has 1 rings (SSSR count). The quantitative estimate of drug-likeness (QED) is 0.720. The molecule has 74 valence electrons. The Hall–Kier alpha value is -1.41. The van der Waals surface area contributed by atoms with Gasteiger partial charge in [-0.15, -0.1) is 0 Å². The third-order valence-corrected chi connectivity index (χ3v) is 1.89. The van der Waals surface area contributed by atoms with Gasteiger partial charge in [-0.1, -0.05) is 25.3 Å². The van der Waals surface area contributed by atoms with Gasteiger partial charge < -0.3 is 4.90 Å². The van der Waals surface area contributed by atoms with Gasteiger partial charge in [-0.05, 0) is 31.3 Å². The van der Waals surface area contributed by atoms with Crippen molar-refractivity contribution in [2.24, 2.45) is 0 Å². The number of aromatic nitrogens is 1. The normalized spacial score (nSPS) is 10.2. The summed E-state index contributed by atoms with van der Waals surface area (Å²) in [6.45, 7) is 8.51. The number of likely N-dealkylation sites (N-methyl/N-ethyl adjacent to an activating group) is 1.